The molecule has 1 fully saturated rings. The summed E-state index contributed by atoms with van der Waals surface area (Å²) in [6.45, 7) is 2.46. The number of carbonyl (C=O) groups is 2. The van der Waals surface area contributed by atoms with Crippen LogP contribution in [0.2, 0.25) is 10.0 Å². The van der Waals surface area contributed by atoms with Crippen molar-refractivity contribution < 1.29 is 24.5 Å². The van der Waals surface area contributed by atoms with Crippen molar-refractivity contribution in [3.05, 3.63) is 99.0 Å². The average molecular weight is 512 g/mol. The number of ether oxygens (including phenoxy) is 1. The predicted octanol–water partition coefficient (Wildman–Crippen LogP) is 5.76. The molecule has 1 amide bonds. The number of phenolic OH excluding ortho intramolecular Hbond substituents is 1. The van der Waals surface area contributed by atoms with Crippen LogP contribution in [0.5, 0.6) is 11.5 Å². The van der Waals surface area contributed by atoms with E-state index in [2.05, 4.69) is 0 Å². The number of aliphatic hydroxyl groups is 1. The summed E-state index contributed by atoms with van der Waals surface area (Å²) in [6.07, 6.45) is 0.472. The second-order valence-electron chi connectivity index (χ2n) is 8.04. The van der Waals surface area contributed by atoms with E-state index in [1.54, 1.807) is 36.4 Å². The summed E-state index contributed by atoms with van der Waals surface area (Å²) in [5.41, 5.74) is 1.62. The van der Waals surface area contributed by atoms with Gasteiger partial charge >= 0.3 is 0 Å². The first kappa shape index (κ1) is 24.6. The SMILES string of the molecule is CCOc1ccc(Cl)c(/C(O)=C2\C(=O)C(=O)N(CCc3ccc(Cl)cc3)C2c2ccc(O)cc2)c1. The zero-order valence-corrected chi connectivity index (χ0v) is 20.4. The third-order valence-electron chi connectivity index (χ3n) is 5.81. The Morgan fingerprint density at radius 1 is 1.00 bits per heavy atom. The topological polar surface area (TPSA) is 87.1 Å². The summed E-state index contributed by atoms with van der Waals surface area (Å²) in [4.78, 5) is 27.8. The van der Waals surface area contributed by atoms with E-state index in [0.29, 0.717) is 29.4 Å². The van der Waals surface area contributed by atoms with Crippen molar-refractivity contribution in [3.8, 4) is 11.5 Å². The molecule has 6 nitrogen and oxygen atoms in total. The molecule has 3 aromatic rings. The number of likely N-dealkylation sites (tertiary alicyclic amines) is 1. The molecule has 1 saturated heterocycles. The Morgan fingerprint density at radius 3 is 2.34 bits per heavy atom. The molecule has 3 aromatic carbocycles. The Hall–Kier alpha value is -3.48. The largest absolute Gasteiger partial charge is 0.508 e. The lowest BCUT2D eigenvalue weighted by Crippen LogP contribution is -2.31. The van der Waals surface area contributed by atoms with E-state index >= 15 is 0 Å². The number of rotatable bonds is 7. The standard InChI is InChI=1S/C27H23Cl2NO5/c1-2-35-20-11-12-22(29)21(15-20)25(32)23-24(17-5-9-19(31)10-6-17)30(27(34)26(23)33)14-13-16-3-7-18(28)8-4-16/h3-12,15,24,31-32H,2,13-14H2,1H3/b25-23+. The van der Waals surface area contributed by atoms with Gasteiger partial charge in [0.05, 0.1) is 23.2 Å². The number of aromatic hydroxyl groups is 1. The van der Waals surface area contributed by atoms with Crippen LogP contribution in [-0.2, 0) is 16.0 Å². The smallest absolute Gasteiger partial charge is 0.295 e. The van der Waals surface area contributed by atoms with E-state index in [1.807, 2.05) is 19.1 Å². The first-order valence-corrected chi connectivity index (χ1v) is 11.8. The molecule has 8 heteroatoms. The van der Waals surface area contributed by atoms with Crippen LogP contribution in [-0.4, -0.2) is 40.0 Å². The number of amides is 1. The van der Waals surface area contributed by atoms with Crippen molar-refractivity contribution in [1.82, 2.24) is 4.90 Å². The van der Waals surface area contributed by atoms with Crippen molar-refractivity contribution in [2.75, 3.05) is 13.2 Å². The molecule has 0 aliphatic carbocycles. The lowest BCUT2D eigenvalue weighted by Gasteiger charge is -2.25. The van der Waals surface area contributed by atoms with Crippen LogP contribution >= 0.6 is 23.2 Å². The van der Waals surface area contributed by atoms with Crippen LogP contribution in [0.4, 0.5) is 0 Å². The Balaban J connectivity index is 1.79. The lowest BCUT2D eigenvalue weighted by atomic mass is 9.95. The van der Waals surface area contributed by atoms with Crippen LogP contribution in [0.1, 0.15) is 29.7 Å². The van der Waals surface area contributed by atoms with Crippen LogP contribution in [0, 0.1) is 0 Å². The number of aliphatic hydroxyl groups excluding tert-OH is 1. The number of nitrogens with zero attached hydrogens (tertiary/aromatic N) is 1. The number of phenols is 1. The minimum atomic E-state index is -0.866. The van der Waals surface area contributed by atoms with Gasteiger partial charge in [-0.05, 0) is 66.9 Å². The van der Waals surface area contributed by atoms with Crippen LogP contribution in [0.25, 0.3) is 5.76 Å². The van der Waals surface area contributed by atoms with Crippen molar-refractivity contribution >= 4 is 40.7 Å². The van der Waals surface area contributed by atoms with E-state index in [1.165, 1.54) is 23.1 Å². The molecule has 1 heterocycles. The minimum absolute atomic E-state index is 0.0410. The fourth-order valence-corrected chi connectivity index (χ4v) is 4.43. The summed E-state index contributed by atoms with van der Waals surface area (Å²) in [5, 5.41) is 21.9. The minimum Gasteiger partial charge on any atom is -0.508 e. The maximum Gasteiger partial charge on any atom is 0.295 e. The summed E-state index contributed by atoms with van der Waals surface area (Å²) in [7, 11) is 0. The molecule has 1 atom stereocenters. The van der Waals surface area contributed by atoms with Crippen LogP contribution in [0.15, 0.2) is 72.3 Å². The van der Waals surface area contributed by atoms with E-state index in [-0.39, 0.29) is 34.2 Å². The van der Waals surface area contributed by atoms with Gasteiger partial charge in [0.15, 0.2) is 0 Å². The highest BCUT2D eigenvalue weighted by Gasteiger charge is 2.46. The third-order valence-corrected chi connectivity index (χ3v) is 6.39. The highest BCUT2D eigenvalue weighted by molar-refractivity contribution is 6.47. The molecular weight excluding hydrogens is 489 g/mol. The average Bonchev–Trinajstić information content (AvgIpc) is 3.10. The number of carbonyl (C=O) groups excluding carboxylic acids is 2. The summed E-state index contributed by atoms with van der Waals surface area (Å²) >= 11 is 12.3. The monoisotopic (exact) mass is 511 g/mol. The molecule has 1 unspecified atom stereocenters. The zero-order chi connectivity index (χ0) is 25.1. The molecule has 0 aromatic heterocycles. The normalized spacial score (nSPS) is 17.1. The van der Waals surface area contributed by atoms with Gasteiger partial charge in [-0.2, -0.15) is 0 Å². The Morgan fingerprint density at radius 2 is 1.69 bits per heavy atom. The zero-order valence-electron chi connectivity index (χ0n) is 18.9. The highest BCUT2D eigenvalue weighted by Crippen LogP contribution is 2.41. The molecule has 2 N–H and O–H groups in total. The molecule has 1 aliphatic heterocycles. The van der Waals surface area contributed by atoms with Gasteiger partial charge in [0.1, 0.15) is 17.3 Å². The van der Waals surface area contributed by atoms with Gasteiger partial charge in [-0.3, -0.25) is 9.59 Å². The van der Waals surface area contributed by atoms with Gasteiger partial charge in [0.2, 0.25) is 0 Å². The fraction of sp³-hybridized carbons (Fsp3) is 0.185. The molecule has 0 spiro atoms. The number of benzene rings is 3. The van der Waals surface area contributed by atoms with Crippen molar-refractivity contribution in [3.63, 3.8) is 0 Å². The molecule has 1 aliphatic rings. The molecule has 0 bridgehead atoms. The van der Waals surface area contributed by atoms with Crippen molar-refractivity contribution in [1.29, 1.82) is 0 Å². The highest BCUT2D eigenvalue weighted by atomic mass is 35.5. The van der Waals surface area contributed by atoms with Crippen LogP contribution in [0.3, 0.4) is 0 Å². The summed E-state index contributed by atoms with van der Waals surface area (Å²) in [6, 6.07) is 17.3. The van der Waals surface area contributed by atoms with Crippen molar-refractivity contribution in [2.45, 2.75) is 19.4 Å². The van der Waals surface area contributed by atoms with Crippen molar-refractivity contribution in [2.24, 2.45) is 0 Å². The molecule has 180 valence electrons. The van der Waals surface area contributed by atoms with Crippen LogP contribution < -0.4 is 4.74 Å². The van der Waals surface area contributed by atoms with Gasteiger partial charge < -0.3 is 19.8 Å². The first-order chi connectivity index (χ1) is 16.8. The lowest BCUT2D eigenvalue weighted by molar-refractivity contribution is -0.139. The van der Waals surface area contributed by atoms with Gasteiger partial charge in [0, 0.05) is 17.1 Å². The maximum absolute atomic E-state index is 13.2. The second kappa shape index (κ2) is 10.4. The summed E-state index contributed by atoms with van der Waals surface area (Å²) in [5.74, 6) is -1.41. The maximum atomic E-state index is 13.2. The first-order valence-electron chi connectivity index (χ1n) is 11.0. The second-order valence-corrected chi connectivity index (χ2v) is 8.88. The molecule has 35 heavy (non-hydrogen) atoms. The van der Waals surface area contributed by atoms with E-state index in [0.717, 1.165) is 5.56 Å². The quantitative estimate of drug-likeness (QED) is 0.239. The Bertz CT molecular complexity index is 1290. The number of ketones is 1. The number of Topliss-reactive ketones (excluding diaryl/α,β-unsaturated/α-hetero) is 1. The van der Waals surface area contributed by atoms with Gasteiger partial charge in [0.25, 0.3) is 11.7 Å². The van der Waals surface area contributed by atoms with Gasteiger partial charge in [-0.15, -0.1) is 0 Å². The van der Waals surface area contributed by atoms with E-state index in [9.17, 15) is 19.8 Å². The number of hydrogen-bond donors (Lipinski definition) is 2. The fourth-order valence-electron chi connectivity index (χ4n) is 4.10. The Kier molecular flexibility index (Phi) is 7.34. The number of halogens is 2. The predicted molar refractivity (Wildman–Crippen MR) is 135 cm³/mol. The third kappa shape index (κ3) is 5.14. The molecule has 0 radical (unpaired) electrons. The van der Waals surface area contributed by atoms with Gasteiger partial charge in [-0.25, -0.2) is 0 Å². The molecular formula is C27H23Cl2NO5. The van der Waals surface area contributed by atoms with E-state index in [4.69, 9.17) is 27.9 Å². The van der Waals surface area contributed by atoms with E-state index < -0.39 is 17.7 Å². The molecule has 0 saturated carbocycles. The summed E-state index contributed by atoms with van der Waals surface area (Å²) < 4.78 is 5.51. The Labute approximate surface area is 213 Å². The molecule has 4 rings (SSSR count). The number of hydrogen-bond acceptors (Lipinski definition) is 5. The van der Waals surface area contributed by atoms with Gasteiger partial charge in [-0.1, -0.05) is 47.5 Å².